The number of hydrogen-bond donors (Lipinski definition) is 0. The molecule has 0 bridgehead atoms. The maximum absolute atomic E-state index is 11.8. The van der Waals surface area contributed by atoms with Crippen molar-refractivity contribution in [2.45, 2.75) is 33.4 Å². The largest absolute Gasteiger partial charge is 0.497 e. The van der Waals surface area contributed by atoms with Crippen LogP contribution >= 0.6 is 0 Å². The summed E-state index contributed by atoms with van der Waals surface area (Å²) in [5, 5.41) is 0.777. The summed E-state index contributed by atoms with van der Waals surface area (Å²) in [6.45, 7) is 5.19. The quantitative estimate of drug-likeness (QED) is 0.627. The Kier molecular flexibility index (Phi) is 4.31. The number of carbonyl (C=O) groups excluding carboxylic acids is 2. The highest BCUT2D eigenvalue weighted by Gasteiger charge is 2.15. The van der Waals surface area contributed by atoms with Crippen molar-refractivity contribution in [1.82, 2.24) is 4.57 Å². The average Bonchev–Trinajstić information content (AvgIpc) is 2.76. The number of benzene rings is 1. The molecule has 0 N–H and O–H groups in total. The number of aromatic nitrogens is 1. The third-order valence-electron chi connectivity index (χ3n) is 3.13. The van der Waals surface area contributed by atoms with Crippen LogP contribution in [0.3, 0.4) is 0 Å². The molecule has 0 atom stereocenters. The molecule has 1 aromatic heterocycles. The van der Waals surface area contributed by atoms with E-state index in [-0.39, 0.29) is 24.4 Å². The summed E-state index contributed by atoms with van der Waals surface area (Å²) in [7, 11) is 1.58. The molecule has 5 nitrogen and oxygen atoms in total. The van der Waals surface area contributed by atoms with Crippen molar-refractivity contribution in [1.29, 1.82) is 0 Å². The number of ketones is 1. The van der Waals surface area contributed by atoms with Crippen molar-refractivity contribution in [3.8, 4) is 5.75 Å². The number of methoxy groups -OCH3 is 1. The Morgan fingerprint density at radius 3 is 2.57 bits per heavy atom. The van der Waals surface area contributed by atoms with E-state index in [1.54, 1.807) is 43.9 Å². The summed E-state index contributed by atoms with van der Waals surface area (Å²) in [6, 6.07) is 5.44. The van der Waals surface area contributed by atoms with E-state index in [0.29, 0.717) is 11.3 Å². The van der Waals surface area contributed by atoms with Crippen LogP contribution in [0.4, 0.5) is 0 Å². The van der Waals surface area contributed by atoms with E-state index in [0.717, 1.165) is 10.9 Å². The molecule has 0 saturated carbocycles. The number of Topliss-reactive ketones (excluding diaryl/α,β-unsaturated/α-hetero) is 1. The summed E-state index contributed by atoms with van der Waals surface area (Å²) in [5.74, 6) is 0.296. The van der Waals surface area contributed by atoms with Gasteiger partial charge in [0, 0.05) is 22.7 Å². The molecule has 0 aliphatic rings. The Bertz CT molecular complexity index is 685. The van der Waals surface area contributed by atoms with Gasteiger partial charge in [-0.25, -0.2) is 0 Å². The van der Waals surface area contributed by atoms with Crippen molar-refractivity contribution in [3.63, 3.8) is 0 Å². The van der Waals surface area contributed by atoms with Crippen molar-refractivity contribution in [2.24, 2.45) is 0 Å². The molecule has 2 rings (SSSR count). The SMILES string of the molecule is COc1ccc2c(c1)c(C(C)=O)cn2CC(=O)OC(C)C. The van der Waals surface area contributed by atoms with Gasteiger partial charge < -0.3 is 14.0 Å². The average molecular weight is 289 g/mol. The fourth-order valence-corrected chi connectivity index (χ4v) is 2.25. The monoisotopic (exact) mass is 289 g/mol. The molecule has 0 aliphatic heterocycles. The molecule has 112 valence electrons. The lowest BCUT2D eigenvalue weighted by Gasteiger charge is -2.09. The second-order valence-corrected chi connectivity index (χ2v) is 5.15. The van der Waals surface area contributed by atoms with Gasteiger partial charge in [0.25, 0.3) is 0 Å². The molecular formula is C16H19NO4. The van der Waals surface area contributed by atoms with Crippen LogP contribution in [0.25, 0.3) is 10.9 Å². The molecule has 0 fully saturated rings. The molecule has 0 unspecified atom stereocenters. The molecule has 1 heterocycles. The minimum atomic E-state index is -0.326. The zero-order chi connectivity index (χ0) is 15.6. The highest BCUT2D eigenvalue weighted by molar-refractivity contribution is 6.07. The van der Waals surface area contributed by atoms with E-state index >= 15 is 0 Å². The zero-order valence-electron chi connectivity index (χ0n) is 12.7. The van der Waals surface area contributed by atoms with E-state index < -0.39 is 0 Å². The number of nitrogens with zero attached hydrogens (tertiary/aromatic N) is 1. The van der Waals surface area contributed by atoms with E-state index in [4.69, 9.17) is 9.47 Å². The number of rotatable bonds is 5. The number of carbonyl (C=O) groups is 2. The molecule has 0 amide bonds. The van der Waals surface area contributed by atoms with Crippen molar-refractivity contribution < 1.29 is 19.1 Å². The highest BCUT2D eigenvalue weighted by Crippen LogP contribution is 2.26. The first-order valence-electron chi connectivity index (χ1n) is 6.79. The van der Waals surface area contributed by atoms with E-state index in [2.05, 4.69) is 0 Å². The van der Waals surface area contributed by atoms with Gasteiger partial charge in [0.15, 0.2) is 5.78 Å². The third kappa shape index (κ3) is 3.24. The fourth-order valence-electron chi connectivity index (χ4n) is 2.25. The van der Waals surface area contributed by atoms with Gasteiger partial charge in [-0.05, 0) is 39.0 Å². The lowest BCUT2D eigenvalue weighted by atomic mass is 10.1. The molecule has 21 heavy (non-hydrogen) atoms. The number of ether oxygens (including phenoxy) is 2. The molecule has 0 aliphatic carbocycles. The van der Waals surface area contributed by atoms with Crippen LogP contribution < -0.4 is 4.74 Å². The Hall–Kier alpha value is -2.30. The second-order valence-electron chi connectivity index (χ2n) is 5.15. The minimum Gasteiger partial charge on any atom is -0.497 e. The number of hydrogen-bond acceptors (Lipinski definition) is 4. The third-order valence-corrected chi connectivity index (χ3v) is 3.13. The van der Waals surface area contributed by atoms with Crippen molar-refractivity contribution in [2.75, 3.05) is 7.11 Å². The summed E-state index contributed by atoms with van der Waals surface area (Å²) in [4.78, 5) is 23.6. The standard InChI is InChI=1S/C16H19NO4/c1-10(2)21-16(19)9-17-8-14(11(3)18)13-7-12(20-4)5-6-15(13)17/h5-8,10H,9H2,1-4H3. The van der Waals surface area contributed by atoms with E-state index in [1.807, 2.05) is 6.07 Å². The van der Waals surface area contributed by atoms with Crippen LogP contribution in [0.2, 0.25) is 0 Å². The van der Waals surface area contributed by atoms with Crippen molar-refractivity contribution in [3.05, 3.63) is 30.0 Å². The Labute approximate surface area is 123 Å². The fraction of sp³-hybridized carbons (Fsp3) is 0.375. The summed E-state index contributed by atoms with van der Waals surface area (Å²) >= 11 is 0. The van der Waals surface area contributed by atoms with Crippen LogP contribution in [0.1, 0.15) is 31.1 Å². The molecule has 0 saturated heterocycles. The highest BCUT2D eigenvalue weighted by atomic mass is 16.5. The smallest absolute Gasteiger partial charge is 0.326 e. The van der Waals surface area contributed by atoms with Gasteiger partial charge >= 0.3 is 5.97 Å². The van der Waals surface area contributed by atoms with Gasteiger partial charge in [0.2, 0.25) is 0 Å². The van der Waals surface area contributed by atoms with Gasteiger partial charge in [0.05, 0.1) is 13.2 Å². The number of esters is 1. The topological polar surface area (TPSA) is 57.5 Å². The Morgan fingerprint density at radius 1 is 1.29 bits per heavy atom. The summed E-state index contributed by atoms with van der Waals surface area (Å²) < 4.78 is 12.1. The predicted octanol–water partition coefficient (Wildman–Crippen LogP) is 2.80. The van der Waals surface area contributed by atoms with Gasteiger partial charge in [-0.2, -0.15) is 0 Å². The molecule has 0 spiro atoms. The second kappa shape index (κ2) is 5.99. The molecule has 0 radical (unpaired) electrons. The number of fused-ring (bicyclic) bond motifs is 1. The first kappa shape index (κ1) is 15.1. The summed E-state index contributed by atoms with van der Waals surface area (Å²) in [6.07, 6.45) is 1.53. The molecular weight excluding hydrogens is 270 g/mol. The minimum absolute atomic E-state index is 0.0516. The van der Waals surface area contributed by atoms with Gasteiger partial charge in [-0.1, -0.05) is 0 Å². The van der Waals surface area contributed by atoms with E-state index in [9.17, 15) is 9.59 Å². The maximum atomic E-state index is 11.8. The lowest BCUT2D eigenvalue weighted by Crippen LogP contribution is -2.17. The Balaban J connectivity index is 2.45. The predicted molar refractivity (Wildman–Crippen MR) is 79.7 cm³/mol. The maximum Gasteiger partial charge on any atom is 0.326 e. The molecule has 2 aromatic rings. The van der Waals surface area contributed by atoms with E-state index in [1.165, 1.54) is 6.92 Å². The van der Waals surface area contributed by atoms with Gasteiger partial charge in [-0.15, -0.1) is 0 Å². The van der Waals surface area contributed by atoms with Crippen LogP contribution in [-0.2, 0) is 16.1 Å². The lowest BCUT2D eigenvalue weighted by molar-refractivity contribution is -0.148. The Morgan fingerprint density at radius 2 is 2.00 bits per heavy atom. The van der Waals surface area contributed by atoms with Crippen LogP contribution in [0.15, 0.2) is 24.4 Å². The van der Waals surface area contributed by atoms with Crippen LogP contribution in [0, 0.1) is 0 Å². The van der Waals surface area contributed by atoms with Crippen LogP contribution in [-0.4, -0.2) is 29.5 Å². The summed E-state index contributed by atoms with van der Waals surface area (Å²) in [5.41, 5.74) is 1.38. The van der Waals surface area contributed by atoms with Gasteiger partial charge in [-0.3, -0.25) is 9.59 Å². The van der Waals surface area contributed by atoms with Gasteiger partial charge in [0.1, 0.15) is 12.3 Å². The first-order valence-corrected chi connectivity index (χ1v) is 6.79. The first-order chi connectivity index (χ1) is 9.92. The normalized spacial score (nSPS) is 10.9. The van der Waals surface area contributed by atoms with Crippen LogP contribution in [0.5, 0.6) is 5.75 Å². The van der Waals surface area contributed by atoms with Crippen molar-refractivity contribution >= 4 is 22.7 Å². The molecule has 1 aromatic carbocycles. The molecule has 5 heteroatoms. The zero-order valence-corrected chi connectivity index (χ0v) is 12.7.